The summed E-state index contributed by atoms with van der Waals surface area (Å²) in [6, 6.07) is 18.3. The quantitative estimate of drug-likeness (QED) is 0.393. The monoisotopic (exact) mass is 521 g/mol. The Morgan fingerprint density at radius 2 is 1.47 bits per heavy atom. The summed E-state index contributed by atoms with van der Waals surface area (Å²) in [5.41, 5.74) is 4.46. The fourth-order valence-corrected chi connectivity index (χ4v) is 4.67. The molecule has 0 N–H and O–H groups in total. The molecule has 1 unspecified atom stereocenters. The van der Waals surface area contributed by atoms with Crippen LogP contribution in [0.1, 0.15) is 28.3 Å². The predicted molar refractivity (Wildman–Crippen MR) is 137 cm³/mol. The number of halogens is 1. The molecule has 176 valence electrons. The van der Waals surface area contributed by atoms with Crippen LogP contribution < -0.4 is 18.9 Å². The molecule has 4 rings (SSSR count). The van der Waals surface area contributed by atoms with Crippen molar-refractivity contribution in [3.63, 3.8) is 0 Å². The Hall–Kier alpha value is -3.14. The van der Waals surface area contributed by atoms with Crippen LogP contribution in [-0.2, 0) is 13.0 Å². The van der Waals surface area contributed by atoms with Crippen LogP contribution in [0.3, 0.4) is 0 Å². The van der Waals surface area contributed by atoms with Crippen LogP contribution in [-0.4, -0.2) is 39.9 Å². The van der Waals surface area contributed by atoms with Crippen molar-refractivity contribution in [1.29, 1.82) is 0 Å². The molecule has 0 aliphatic carbocycles. The molecular weight excluding hydrogens is 494 g/mol. The Morgan fingerprint density at radius 3 is 2.15 bits per heavy atom. The highest BCUT2D eigenvalue weighted by molar-refractivity contribution is 9.10. The summed E-state index contributed by atoms with van der Waals surface area (Å²) in [4.78, 5) is 2.41. The third kappa shape index (κ3) is 5.01. The topological polar surface area (TPSA) is 40.2 Å². The van der Waals surface area contributed by atoms with E-state index in [1.165, 1.54) is 11.1 Å². The van der Waals surface area contributed by atoms with E-state index >= 15 is 0 Å². The van der Waals surface area contributed by atoms with Gasteiger partial charge in [0.1, 0.15) is 0 Å². The van der Waals surface area contributed by atoms with E-state index in [2.05, 4.69) is 69.1 Å². The van der Waals surface area contributed by atoms with Gasteiger partial charge >= 0.3 is 0 Å². The van der Waals surface area contributed by atoms with Crippen molar-refractivity contribution in [1.82, 2.24) is 4.90 Å². The summed E-state index contributed by atoms with van der Waals surface area (Å²) < 4.78 is 22.9. The second-order valence-electron chi connectivity index (χ2n) is 7.97. The van der Waals surface area contributed by atoms with Crippen LogP contribution in [0.15, 0.2) is 59.1 Å². The van der Waals surface area contributed by atoms with Crippen molar-refractivity contribution in [3.8, 4) is 34.8 Å². The molecule has 3 aromatic carbocycles. The zero-order valence-corrected chi connectivity index (χ0v) is 21.4. The zero-order chi connectivity index (χ0) is 24.1. The first kappa shape index (κ1) is 24.0. The molecular formula is C28H28BrNO4. The SMILES string of the molecule is COc1cc(Br)c(C#CC2c3cc(OC)c(OC)cc3CCN2Cc2ccccc2)cc1OC. The van der Waals surface area contributed by atoms with Crippen molar-refractivity contribution < 1.29 is 18.9 Å². The minimum absolute atomic E-state index is 0.108. The smallest absolute Gasteiger partial charge is 0.162 e. The van der Waals surface area contributed by atoms with Gasteiger partial charge in [0.05, 0.1) is 34.5 Å². The fraction of sp³-hybridized carbons (Fsp3) is 0.286. The molecule has 5 nitrogen and oxygen atoms in total. The first-order chi connectivity index (χ1) is 16.6. The normalized spacial score (nSPS) is 15.0. The number of benzene rings is 3. The molecule has 0 aromatic heterocycles. The number of rotatable bonds is 6. The summed E-state index contributed by atoms with van der Waals surface area (Å²) in [5, 5.41) is 0. The molecule has 1 aliphatic heterocycles. The largest absolute Gasteiger partial charge is 0.493 e. The Morgan fingerprint density at radius 1 is 0.853 bits per heavy atom. The number of fused-ring (bicyclic) bond motifs is 1. The highest BCUT2D eigenvalue weighted by atomic mass is 79.9. The molecule has 6 heteroatoms. The van der Waals surface area contributed by atoms with E-state index in [-0.39, 0.29) is 6.04 Å². The maximum absolute atomic E-state index is 5.61. The highest BCUT2D eigenvalue weighted by Gasteiger charge is 2.28. The molecule has 0 spiro atoms. The maximum Gasteiger partial charge on any atom is 0.162 e. The maximum atomic E-state index is 5.61. The van der Waals surface area contributed by atoms with Gasteiger partial charge in [-0.2, -0.15) is 0 Å². The average Bonchev–Trinajstić information content (AvgIpc) is 2.88. The molecule has 3 aromatic rings. The second-order valence-corrected chi connectivity index (χ2v) is 8.83. The summed E-state index contributed by atoms with van der Waals surface area (Å²) in [6.07, 6.45) is 0.917. The Balaban J connectivity index is 1.78. The minimum Gasteiger partial charge on any atom is -0.493 e. The van der Waals surface area contributed by atoms with Crippen LogP contribution in [0, 0.1) is 11.8 Å². The molecule has 1 aliphatic rings. The Kier molecular flexibility index (Phi) is 7.66. The number of hydrogen-bond acceptors (Lipinski definition) is 5. The van der Waals surface area contributed by atoms with Gasteiger partial charge in [0.15, 0.2) is 23.0 Å². The fourth-order valence-electron chi connectivity index (χ4n) is 4.25. The van der Waals surface area contributed by atoms with Crippen molar-refractivity contribution >= 4 is 15.9 Å². The lowest BCUT2D eigenvalue weighted by atomic mass is 9.91. The molecule has 0 fully saturated rings. The highest BCUT2D eigenvalue weighted by Crippen LogP contribution is 2.39. The standard InChI is InChI=1S/C28H28BrNO4/c1-31-25-14-20-12-13-30(18-19-8-6-5-7-9-19)24(22(20)16-27(25)33-3)11-10-21-15-26(32-2)28(34-4)17-23(21)29/h5-9,14-17,24H,12-13,18H2,1-4H3. The van der Waals surface area contributed by atoms with E-state index in [1.807, 2.05) is 18.2 Å². The molecule has 0 radical (unpaired) electrons. The van der Waals surface area contributed by atoms with Crippen molar-refractivity contribution in [2.75, 3.05) is 35.0 Å². The van der Waals surface area contributed by atoms with E-state index < -0.39 is 0 Å². The van der Waals surface area contributed by atoms with Crippen LogP contribution in [0.25, 0.3) is 0 Å². The molecule has 0 amide bonds. The summed E-state index contributed by atoms with van der Waals surface area (Å²) in [6.45, 7) is 1.70. The van der Waals surface area contributed by atoms with Crippen LogP contribution in [0.5, 0.6) is 23.0 Å². The van der Waals surface area contributed by atoms with Gasteiger partial charge in [-0.15, -0.1) is 0 Å². The van der Waals surface area contributed by atoms with Crippen molar-refractivity contribution in [3.05, 3.63) is 81.3 Å². The summed E-state index contributed by atoms with van der Waals surface area (Å²) >= 11 is 3.63. The van der Waals surface area contributed by atoms with E-state index in [0.717, 1.165) is 40.9 Å². The second kappa shape index (κ2) is 10.9. The van der Waals surface area contributed by atoms with E-state index in [4.69, 9.17) is 18.9 Å². The van der Waals surface area contributed by atoms with Gasteiger partial charge < -0.3 is 18.9 Å². The van der Waals surface area contributed by atoms with Gasteiger partial charge in [-0.05, 0) is 57.2 Å². The Labute approximate surface area is 209 Å². The molecule has 0 bridgehead atoms. The van der Waals surface area contributed by atoms with Gasteiger partial charge in [-0.25, -0.2) is 0 Å². The lowest BCUT2D eigenvalue weighted by Crippen LogP contribution is -2.34. The summed E-state index contributed by atoms with van der Waals surface area (Å²) in [7, 11) is 6.58. The van der Waals surface area contributed by atoms with Gasteiger partial charge in [0, 0.05) is 29.2 Å². The minimum atomic E-state index is -0.108. The molecule has 1 atom stereocenters. The summed E-state index contributed by atoms with van der Waals surface area (Å²) in [5.74, 6) is 9.68. The molecule has 0 saturated carbocycles. The zero-order valence-electron chi connectivity index (χ0n) is 19.9. The number of methoxy groups -OCH3 is 4. The van der Waals surface area contributed by atoms with Gasteiger partial charge in [-0.3, -0.25) is 4.90 Å². The molecule has 1 heterocycles. The number of hydrogen-bond donors (Lipinski definition) is 0. The lowest BCUT2D eigenvalue weighted by Gasteiger charge is -2.35. The van der Waals surface area contributed by atoms with E-state index in [9.17, 15) is 0 Å². The Bertz CT molecular complexity index is 1220. The van der Waals surface area contributed by atoms with Gasteiger partial charge in [0.2, 0.25) is 0 Å². The van der Waals surface area contributed by atoms with Gasteiger partial charge in [-0.1, -0.05) is 42.2 Å². The van der Waals surface area contributed by atoms with Crippen LogP contribution in [0.2, 0.25) is 0 Å². The van der Waals surface area contributed by atoms with Crippen molar-refractivity contribution in [2.24, 2.45) is 0 Å². The van der Waals surface area contributed by atoms with E-state index in [1.54, 1.807) is 28.4 Å². The molecule has 34 heavy (non-hydrogen) atoms. The van der Waals surface area contributed by atoms with Crippen LogP contribution in [0.4, 0.5) is 0 Å². The first-order valence-electron chi connectivity index (χ1n) is 11.0. The average molecular weight is 522 g/mol. The third-order valence-electron chi connectivity index (χ3n) is 6.02. The number of ether oxygens (including phenoxy) is 4. The van der Waals surface area contributed by atoms with Crippen LogP contribution >= 0.6 is 15.9 Å². The predicted octanol–water partition coefficient (Wildman–Crippen LogP) is 5.63. The first-order valence-corrected chi connectivity index (χ1v) is 11.8. The number of nitrogens with zero attached hydrogens (tertiary/aromatic N) is 1. The lowest BCUT2D eigenvalue weighted by molar-refractivity contribution is 0.215. The third-order valence-corrected chi connectivity index (χ3v) is 6.67. The van der Waals surface area contributed by atoms with E-state index in [0.29, 0.717) is 17.2 Å². The molecule has 0 saturated heterocycles. The van der Waals surface area contributed by atoms with Gasteiger partial charge in [0.25, 0.3) is 0 Å². The van der Waals surface area contributed by atoms with Crippen molar-refractivity contribution in [2.45, 2.75) is 19.0 Å².